The van der Waals surface area contributed by atoms with Crippen LogP contribution in [-0.2, 0) is 4.74 Å². The van der Waals surface area contributed by atoms with Crippen molar-refractivity contribution in [1.29, 1.82) is 0 Å². The van der Waals surface area contributed by atoms with Gasteiger partial charge in [-0.05, 0) is 49.3 Å². The number of rotatable bonds is 6. The average molecular weight is 290 g/mol. The van der Waals surface area contributed by atoms with Crippen molar-refractivity contribution in [3.63, 3.8) is 0 Å². The van der Waals surface area contributed by atoms with Crippen molar-refractivity contribution in [2.45, 2.75) is 72.8 Å². The van der Waals surface area contributed by atoms with E-state index >= 15 is 0 Å². The van der Waals surface area contributed by atoms with E-state index < -0.39 is 5.60 Å². The first-order valence-electron chi connectivity index (χ1n) is 7.96. The van der Waals surface area contributed by atoms with Crippen LogP contribution in [0.1, 0.15) is 83.1 Å². The highest BCUT2D eigenvalue weighted by Gasteiger charge is 2.26. The summed E-state index contributed by atoms with van der Waals surface area (Å²) < 4.78 is 5.52. The lowest BCUT2D eigenvalue weighted by atomic mass is 9.74. The molecule has 1 atom stereocenters. The summed E-state index contributed by atoms with van der Waals surface area (Å²) in [6.07, 6.45) is 1.93. The van der Waals surface area contributed by atoms with Gasteiger partial charge in [0.05, 0.1) is 5.56 Å². The fraction of sp³-hybridized carbons (Fsp3) is 0.632. The number of ether oxygens (including phenoxy) is 1. The highest BCUT2D eigenvalue weighted by atomic mass is 16.6. The van der Waals surface area contributed by atoms with E-state index in [1.165, 1.54) is 5.56 Å². The molecule has 0 saturated heterocycles. The Morgan fingerprint density at radius 1 is 1.05 bits per heavy atom. The van der Waals surface area contributed by atoms with Crippen LogP contribution < -0.4 is 0 Å². The van der Waals surface area contributed by atoms with Gasteiger partial charge in [-0.1, -0.05) is 53.2 Å². The molecule has 118 valence electrons. The zero-order valence-corrected chi connectivity index (χ0v) is 14.6. The van der Waals surface area contributed by atoms with Gasteiger partial charge in [-0.3, -0.25) is 0 Å². The monoisotopic (exact) mass is 290 g/mol. The zero-order chi connectivity index (χ0) is 16.3. The van der Waals surface area contributed by atoms with E-state index in [0.29, 0.717) is 11.5 Å². The second-order valence-electron chi connectivity index (χ2n) is 7.19. The molecule has 1 unspecified atom stereocenters. The quantitative estimate of drug-likeness (QED) is 0.640. The molecule has 0 fully saturated rings. The van der Waals surface area contributed by atoms with Gasteiger partial charge in [-0.25, -0.2) is 4.79 Å². The van der Waals surface area contributed by atoms with Crippen molar-refractivity contribution in [2.24, 2.45) is 5.41 Å². The second-order valence-corrected chi connectivity index (χ2v) is 7.19. The van der Waals surface area contributed by atoms with Crippen LogP contribution in [0.4, 0.5) is 0 Å². The van der Waals surface area contributed by atoms with Gasteiger partial charge in [0, 0.05) is 0 Å². The SMILES string of the molecule is CCC(C)(C)OC(=O)c1ccc(C(C)C(C)(C)CC)cc1. The normalized spacial score (nSPS) is 13.9. The molecular formula is C19H30O2. The van der Waals surface area contributed by atoms with E-state index in [9.17, 15) is 4.79 Å². The molecule has 0 bridgehead atoms. The summed E-state index contributed by atoms with van der Waals surface area (Å²) in [6.45, 7) is 14.9. The summed E-state index contributed by atoms with van der Waals surface area (Å²) in [4.78, 5) is 12.1. The van der Waals surface area contributed by atoms with Gasteiger partial charge in [-0.15, -0.1) is 0 Å². The van der Waals surface area contributed by atoms with Crippen LogP contribution in [0.2, 0.25) is 0 Å². The topological polar surface area (TPSA) is 26.3 Å². The average Bonchev–Trinajstić information content (AvgIpc) is 2.46. The first-order chi connectivity index (χ1) is 9.63. The number of esters is 1. The molecule has 0 saturated carbocycles. The van der Waals surface area contributed by atoms with E-state index in [-0.39, 0.29) is 11.4 Å². The smallest absolute Gasteiger partial charge is 0.338 e. The molecule has 0 heterocycles. The Morgan fingerprint density at radius 3 is 2.00 bits per heavy atom. The lowest BCUT2D eigenvalue weighted by molar-refractivity contribution is -0.00243. The number of carbonyl (C=O) groups is 1. The Labute approximate surface area is 129 Å². The van der Waals surface area contributed by atoms with Crippen LogP contribution in [0.5, 0.6) is 0 Å². The number of benzene rings is 1. The molecule has 0 aliphatic rings. The molecule has 1 aromatic carbocycles. The zero-order valence-electron chi connectivity index (χ0n) is 14.6. The molecule has 0 aliphatic heterocycles. The predicted molar refractivity (Wildman–Crippen MR) is 88.7 cm³/mol. The Balaban J connectivity index is 2.86. The Morgan fingerprint density at radius 2 is 1.57 bits per heavy atom. The van der Waals surface area contributed by atoms with E-state index in [2.05, 4.69) is 39.8 Å². The maximum absolute atomic E-state index is 12.1. The van der Waals surface area contributed by atoms with Crippen LogP contribution in [0.15, 0.2) is 24.3 Å². The molecule has 0 radical (unpaired) electrons. The van der Waals surface area contributed by atoms with E-state index in [1.807, 2.05) is 32.9 Å². The third kappa shape index (κ3) is 4.59. The molecule has 21 heavy (non-hydrogen) atoms. The van der Waals surface area contributed by atoms with E-state index in [4.69, 9.17) is 4.74 Å². The van der Waals surface area contributed by atoms with Gasteiger partial charge in [0.2, 0.25) is 0 Å². The molecule has 0 N–H and O–H groups in total. The minimum absolute atomic E-state index is 0.240. The third-order valence-electron chi connectivity index (χ3n) is 4.95. The number of carbonyl (C=O) groups excluding carboxylic acids is 1. The maximum Gasteiger partial charge on any atom is 0.338 e. The fourth-order valence-corrected chi connectivity index (χ4v) is 2.05. The predicted octanol–water partition coefficient (Wildman–Crippen LogP) is 5.57. The van der Waals surface area contributed by atoms with Crippen LogP contribution >= 0.6 is 0 Å². The van der Waals surface area contributed by atoms with Gasteiger partial charge in [0.1, 0.15) is 5.60 Å². The van der Waals surface area contributed by atoms with Crippen molar-refractivity contribution in [3.05, 3.63) is 35.4 Å². The molecular weight excluding hydrogens is 260 g/mol. The Hall–Kier alpha value is -1.31. The van der Waals surface area contributed by atoms with Gasteiger partial charge >= 0.3 is 5.97 Å². The first-order valence-corrected chi connectivity index (χ1v) is 7.96. The molecule has 0 aliphatic carbocycles. The molecule has 0 aromatic heterocycles. The summed E-state index contributed by atoms with van der Waals surface area (Å²) in [5.74, 6) is 0.218. The maximum atomic E-state index is 12.1. The molecule has 0 spiro atoms. The van der Waals surface area contributed by atoms with Crippen molar-refractivity contribution in [3.8, 4) is 0 Å². The lowest BCUT2D eigenvalue weighted by Crippen LogP contribution is -2.27. The molecule has 2 heteroatoms. The summed E-state index contributed by atoms with van der Waals surface area (Å²) >= 11 is 0. The van der Waals surface area contributed by atoms with Crippen molar-refractivity contribution in [2.75, 3.05) is 0 Å². The minimum Gasteiger partial charge on any atom is -0.456 e. The van der Waals surface area contributed by atoms with Crippen LogP contribution in [0.3, 0.4) is 0 Å². The second kappa shape index (κ2) is 6.64. The van der Waals surface area contributed by atoms with E-state index in [1.54, 1.807) is 0 Å². The third-order valence-corrected chi connectivity index (χ3v) is 4.95. The Kier molecular flexibility index (Phi) is 5.61. The molecule has 2 nitrogen and oxygen atoms in total. The summed E-state index contributed by atoms with van der Waals surface area (Å²) in [5, 5.41) is 0. The van der Waals surface area contributed by atoms with Gasteiger partial charge in [-0.2, -0.15) is 0 Å². The summed E-state index contributed by atoms with van der Waals surface area (Å²) in [6, 6.07) is 7.87. The van der Waals surface area contributed by atoms with Crippen LogP contribution in [-0.4, -0.2) is 11.6 Å². The van der Waals surface area contributed by atoms with Crippen molar-refractivity contribution < 1.29 is 9.53 Å². The largest absolute Gasteiger partial charge is 0.456 e. The van der Waals surface area contributed by atoms with Crippen molar-refractivity contribution in [1.82, 2.24) is 0 Å². The molecule has 1 rings (SSSR count). The lowest BCUT2D eigenvalue weighted by Gasteiger charge is -2.31. The molecule has 0 amide bonds. The first kappa shape index (κ1) is 17.7. The van der Waals surface area contributed by atoms with Crippen LogP contribution in [0.25, 0.3) is 0 Å². The summed E-state index contributed by atoms with van der Waals surface area (Å²) in [5.41, 5.74) is 1.74. The highest BCUT2D eigenvalue weighted by molar-refractivity contribution is 5.89. The fourth-order valence-electron chi connectivity index (χ4n) is 2.05. The number of hydrogen-bond acceptors (Lipinski definition) is 2. The number of hydrogen-bond donors (Lipinski definition) is 0. The molecule has 1 aromatic rings. The van der Waals surface area contributed by atoms with Gasteiger partial charge in [0.15, 0.2) is 0 Å². The minimum atomic E-state index is -0.409. The van der Waals surface area contributed by atoms with E-state index in [0.717, 1.165) is 12.8 Å². The van der Waals surface area contributed by atoms with Gasteiger partial charge in [0.25, 0.3) is 0 Å². The highest BCUT2D eigenvalue weighted by Crippen LogP contribution is 2.37. The Bertz CT molecular complexity index is 469. The summed E-state index contributed by atoms with van der Waals surface area (Å²) in [7, 11) is 0. The van der Waals surface area contributed by atoms with Gasteiger partial charge < -0.3 is 4.74 Å². The standard InChI is InChI=1S/C19H30O2/c1-8-18(4,5)14(3)15-10-12-16(13-11-15)17(20)21-19(6,7)9-2/h10-14H,8-9H2,1-7H3. The van der Waals surface area contributed by atoms with Crippen molar-refractivity contribution >= 4 is 5.97 Å². The van der Waals surface area contributed by atoms with Crippen LogP contribution in [0, 0.1) is 5.41 Å².